The fourth-order valence-electron chi connectivity index (χ4n) is 3.14. The Kier molecular flexibility index (Phi) is 4.17. The summed E-state index contributed by atoms with van der Waals surface area (Å²) in [6.45, 7) is 4.86. The summed E-state index contributed by atoms with van der Waals surface area (Å²) < 4.78 is 0. The molecule has 126 valence electrons. The SMILES string of the molecule is Cc1cc(C(=O)N(C)C)nc([C@@]2(C)CCCN2c2cnccn2)n1. The number of rotatable bonds is 3. The number of anilines is 1. The zero-order chi connectivity index (χ0) is 17.3. The first-order valence-electron chi connectivity index (χ1n) is 8.03. The summed E-state index contributed by atoms with van der Waals surface area (Å²) in [5, 5.41) is 0. The number of carbonyl (C=O) groups is 1. The molecule has 1 aliphatic heterocycles. The highest BCUT2D eigenvalue weighted by Crippen LogP contribution is 2.39. The molecule has 0 spiro atoms. The molecule has 0 aliphatic carbocycles. The third kappa shape index (κ3) is 2.81. The van der Waals surface area contributed by atoms with E-state index < -0.39 is 5.54 Å². The van der Waals surface area contributed by atoms with Crippen LogP contribution in [-0.2, 0) is 5.54 Å². The standard InChI is InChI=1S/C17H22N6O/c1-12-10-13(15(24)22(3)4)21-16(20-12)17(2)6-5-9-23(17)14-11-18-7-8-19-14/h7-8,10-11H,5-6,9H2,1-4H3/t17-/m1/s1. The van der Waals surface area contributed by atoms with Crippen LogP contribution in [0.1, 0.15) is 41.8 Å². The third-order valence-corrected chi connectivity index (χ3v) is 4.43. The fraction of sp³-hybridized carbons (Fsp3) is 0.471. The summed E-state index contributed by atoms with van der Waals surface area (Å²) in [5.74, 6) is 1.35. The highest BCUT2D eigenvalue weighted by Gasteiger charge is 2.42. The van der Waals surface area contributed by atoms with Crippen LogP contribution in [0.3, 0.4) is 0 Å². The number of hydrogen-bond acceptors (Lipinski definition) is 6. The minimum absolute atomic E-state index is 0.116. The Morgan fingerprint density at radius 3 is 2.75 bits per heavy atom. The summed E-state index contributed by atoms with van der Waals surface area (Å²) in [6, 6.07) is 1.73. The second kappa shape index (κ2) is 6.14. The molecule has 7 nitrogen and oxygen atoms in total. The van der Waals surface area contributed by atoms with Gasteiger partial charge in [-0.1, -0.05) is 0 Å². The van der Waals surface area contributed by atoms with Gasteiger partial charge in [-0.3, -0.25) is 9.78 Å². The van der Waals surface area contributed by atoms with Gasteiger partial charge in [0.15, 0.2) is 5.82 Å². The molecule has 3 rings (SSSR count). The van der Waals surface area contributed by atoms with E-state index in [1.165, 1.54) is 4.90 Å². The second-order valence-electron chi connectivity index (χ2n) is 6.51. The van der Waals surface area contributed by atoms with Crippen LogP contribution in [-0.4, -0.2) is 51.4 Å². The maximum Gasteiger partial charge on any atom is 0.272 e. The number of amides is 1. The first kappa shape index (κ1) is 16.3. The Labute approximate surface area is 141 Å². The van der Waals surface area contributed by atoms with Crippen molar-refractivity contribution in [1.29, 1.82) is 0 Å². The van der Waals surface area contributed by atoms with Crippen molar-refractivity contribution in [2.45, 2.75) is 32.2 Å². The summed E-state index contributed by atoms with van der Waals surface area (Å²) in [7, 11) is 3.45. The first-order valence-corrected chi connectivity index (χ1v) is 8.03. The lowest BCUT2D eigenvalue weighted by Crippen LogP contribution is -2.41. The molecular weight excluding hydrogens is 304 g/mol. The lowest BCUT2D eigenvalue weighted by molar-refractivity contribution is 0.0821. The molecule has 0 saturated carbocycles. The van der Waals surface area contributed by atoms with E-state index in [-0.39, 0.29) is 5.91 Å². The monoisotopic (exact) mass is 326 g/mol. The zero-order valence-corrected chi connectivity index (χ0v) is 14.5. The van der Waals surface area contributed by atoms with Crippen LogP contribution >= 0.6 is 0 Å². The Balaban J connectivity index is 2.05. The number of nitrogens with zero attached hydrogens (tertiary/aromatic N) is 6. The van der Waals surface area contributed by atoms with Crippen molar-refractivity contribution in [3.63, 3.8) is 0 Å². The number of aryl methyl sites for hydroxylation is 1. The fourth-order valence-corrected chi connectivity index (χ4v) is 3.14. The van der Waals surface area contributed by atoms with Crippen molar-refractivity contribution < 1.29 is 4.79 Å². The van der Waals surface area contributed by atoms with Crippen molar-refractivity contribution in [2.75, 3.05) is 25.5 Å². The highest BCUT2D eigenvalue weighted by molar-refractivity contribution is 5.92. The topological polar surface area (TPSA) is 75.1 Å². The minimum Gasteiger partial charge on any atom is -0.343 e. The average Bonchev–Trinajstić information content (AvgIpc) is 2.97. The predicted molar refractivity (Wildman–Crippen MR) is 90.8 cm³/mol. The van der Waals surface area contributed by atoms with E-state index in [1.807, 2.05) is 6.92 Å². The van der Waals surface area contributed by atoms with Crippen molar-refractivity contribution in [2.24, 2.45) is 0 Å². The van der Waals surface area contributed by atoms with Gasteiger partial charge in [0.05, 0.1) is 11.7 Å². The average molecular weight is 326 g/mol. The van der Waals surface area contributed by atoms with Gasteiger partial charge in [-0.05, 0) is 32.8 Å². The van der Waals surface area contributed by atoms with E-state index in [0.717, 1.165) is 30.9 Å². The quantitative estimate of drug-likeness (QED) is 0.856. The molecule has 1 fully saturated rings. The Morgan fingerprint density at radius 1 is 1.29 bits per heavy atom. The Hall–Kier alpha value is -2.57. The smallest absolute Gasteiger partial charge is 0.272 e. The number of hydrogen-bond donors (Lipinski definition) is 0. The molecule has 2 aromatic rings. The van der Waals surface area contributed by atoms with E-state index >= 15 is 0 Å². The van der Waals surface area contributed by atoms with E-state index in [1.54, 1.807) is 38.8 Å². The predicted octanol–water partition coefficient (Wildman–Crippen LogP) is 1.79. The van der Waals surface area contributed by atoms with Gasteiger partial charge in [0, 0.05) is 38.7 Å². The molecule has 2 aromatic heterocycles. The van der Waals surface area contributed by atoms with Crippen LogP contribution in [0, 0.1) is 6.92 Å². The molecule has 0 aromatic carbocycles. The zero-order valence-electron chi connectivity index (χ0n) is 14.5. The maximum atomic E-state index is 12.3. The van der Waals surface area contributed by atoms with Crippen LogP contribution in [0.2, 0.25) is 0 Å². The third-order valence-electron chi connectivity index (χ3n) is 4.43. The van der Waals surface area contributed by atoms with Crippen LogP contribution in [0.15, 0.2) is 24.7 Å². The molecule has 1 amide bonds. The van der Waals surface area contributed by atoms with Crippen LogP contribution in [0.5, 0.6) is 0 Å². The van der Waals surface area contributed by atoms with Gasteiger partial charge in [-0.15, -0.1) is 0 Å². The summed E-state index contributed by atoms with van der Waals surface area (Å²) in [6.07, 6.45) is 7.02. The van der Waals surface area contributed by atoms with Gasteiger partial charge in [0.2, 0.25) is 0 Å². The molecule has 0 unspecified atom stereocenters. The van der Waals surface area contributed by atoms with Crippen molar-refractivity contribution in [3.05, 3.63) is 41.9 Å². The molecule has 3 heterocycles. The van der Waals surface area contributed by atoms with E-state index in [9.17, 15) is 4.79 Å². The van der Waals surface area contributed by atoms with Gasteiger partial charge >= 0.3 is 0 Å². The Morgan fingerprint density at radius 2 is 2.08 bits per heavy atom. The van der Waals surface area contributed by atoms with Gasteiger partial charge in [-0.2, -0.15) is 0 Å². The second-order valence-corrected chi connectivity index (χ2v) is 6.51. The van der Waals surface area contributed by atoms with Crippen molar-refractivity contribution >= 4 is 11.7 Å². The highest BCUT2D eigenvalue weighted by atomic mass is 16.2. The molecule has 1 aliphatic rings. The molecular formula is C17H22N6O. The van der Waals surface area contributed by atoms with E-state index in [2.05, 4.69) is 31.8 Å². The summed E-state index contributed by atoms with van der Waals surface area (Å²) in [4.78, 5) is 33.8. The maximum absolute atomic E-state index is 12.3. The molecule has 7 heteroatoms. The number of carbonyl (C=O) groups excluding carboxylic acids is 1. The molecule has 24 heavy (non-hydrogen) atoms. The van der Waals surface area contributed by atoms with Crippen molar-refractivity contribution in [1.82, 2.24) is 24.8 Å². The van der Waals surface area contributed by atoms with Crippen molar-refractivity contribution in [3.8, 4) is 0 Å². The van der Waals surface area contributed by atoms with Gasteiger partial charge in [-0.25, -0.2) is 15.0 Å². The molecule has 1 saturated heterocycles. The van der Waals surface area contributed by atoms with Gasteiger partial charge in [0.25, 0.3) is 5.91 Å². The molecule has 0 radical (unpaired) electrons. The Bertz CT molecular complexity index is 748. The molecule has 0 N–H and O–H groups in total. The lowest BCUT2D eigenvalue weighted by atomic mass is 9.97. The number of aromatic nitrogens is 4. The van der Waals surface area contributed by atoms with Crippen LogP contribution in [0.25, 0.3) is 0 Å². The largest absolute Gasteiger partial charge is 0.343 e. The van der Waals surface area contributed by atoms with Crippen LogP contribution < -0.4 is 4.90 Å². The first-order chi connectivity index (χ1) is 11.4. The lowest BCUT2D eigenvalue weighted by Gasteiger charge is -2.34. The normalized spacial score (nSPS) is 20.2. The van der Waals surface area contributed by atoms with E-state index in [0.29, 0.717) is 11.5 Å². The van der Waals surface area contributed by atoms with Gasteiger partial charge in [0.1, 0.15) is 11.5 Å². The summed E-state index contributed by atoms with van der Waals surface area (Å²) >= 11 is 0. The van der Waals surface area contributed by atoms with Gasteiger partial charge < -0.3 is 9.80 Å². The molecule has 1 atom stereocenters. The minimum atomic E-state index is -0.399. The van der Waals surface area contributed by atoms with E-state index in [4.69, 9.17) is 0 Å². The summed E-state index contributed by atoms with van der Waals surface area (Å²) in [5.41, 5.74) is 0.816. The van der Waals surface area contributed by atoms with Crippen LogP contribution in [0.4, 0.5) is 5.82 Å². The molecule has 0 bridgehead atoms.